The van der Waals surface area contributed by atoms with Crippen LogP contribution in [-0.2, 0) is 13.7 Å². The Labute approximate surface area is 291 Å². The minimum absolute atomic E-state index is 0.0173. The molecule has 264 valence electrons. The zero-order valence-corrected chi connectivity index (χ0v) is 34.5. The average molecular weight is 680 g/mol. The normalized spacial score (nSPS) is 30.7. The van der Waals surface area contributed by atoms with E-state index in [1.165, 1.54) is 43.3 Å². The van der Waals surface area contributed by atoms with Crippen LogP contribution in [0.3, 0.4) is 0 Å². The van der Waals surface area contributed by atoms with Gasteiger partial charge in [-0.25, -0.2) is 0 Å². The lowest BCUT2D eigenvalue weighted by molar-refractivity contribution is 0.0969. The van der Waals surface area contributed by atoms with Crippen molar-refractivity contribution in [3.8, 4) is 0 Å². The van der Waals surface area contributed by atoms with Crippen molar-refractivity contribution in [1.82, 2.24) is 0 Å². The van der Waals surface area contributed by atoms with E-state index in [9.17, 15) is 0 Å². The lowest BCUT2D eigenvalue weighted by Gasteiger charge is -2.45. The van der Waals surface area contributed by atoms with Crippen LogP contribution in [0, 0.1) is 23.2 Å². The Morgan fingerprint density at radius 3 is 2.28 bits per heavy atom. The van der Waals surface area contributed by atoms with E-state index in [-0.39, 0.29) is 27.7 Å². The van der Waals surface area contributed by atoms with E-state index < -0.39 is 16.6 Å². The topological polar surface area (TPSA) is 40.0 Å². The second-order valence-electron chi connectivity index (χ2n) is 18.5. The molecule has 0 spiro atoms. The second kappa shape index (κ2) is 14.4. The van der Waals surface area contributed by atoms with Crippen LogP contribution < -0.4 is 0 Å². The summed E-state index contributed by atoms with van der Waals surface area (Å²) >= 11 is 0. The Kier molecular flexibility index (Phi) is 11.7. The summed E-state index contributed by atoms with van der Waals surface area (Å²) in [7, 11) is -2.27. The Morgan fingerprint density at radius 2 is 1.68 bits per heavy atom. The van der Waals surface area contributed by atoms with Crippen molar-refractivity contribution in [2.75, 3.05) is 7.11 Å². The van der Waals surface area contributed by atoms with Gasteiger partial charge in [0.1, 0.15) is 7.11 Å². The summed E-state index contributed by atoms with van der Waals surface area (Å²) < 4.78 is 14.2. The van der Waals surface area contributed by atoms with Gasteiger partial charge >= 0.3 is 0 Å². The van der Waals surface area contributed by atoms with E-state index in [1.807, 2.05) is 0 Å². The molecule has 0 bridgehead atoms. The summed E-state index contributed by atoms with van der Waals surface area (Å²) in [6.45, 7) is 33.2. The van der Waals surface area contributed by atoms with Crippen molar-refractivity contribution < 1.29 is 13.7 Å². The molecule has 4 aliphatic carbocycles. The van der Waals surface area contributed by atoms with E-state index in [2.05, 4.69) is 117 Å². The van der Waals surface area contributed by atoms with E-state index in [0.717, 1.165) is 31.4 Å². The summed E-state index contributed by atoms with van der Waals surface area (Å²) in [6.07, 6.45) is 22.5. The van der Waals surface area contributed by atoms with Crippen LogP contribution >= 0.6 is 0 Å². The predicted molar refractivity (Wildman–Crippen MR) is 207 cm³/mol. The van der Waals surface area contributed by atoms with Crippen molar-refractivity contribution in [2.45, 2.75) is 162 Å². The van der Waals surface area contributed by atoms with Crippen molar-refractivity contribution >= 4 is 22.3 Å². The molecule has 0 heterocycles. The van der Waals surface area contributed by atoms with Crippen LogP contribution in [0.4, 0.5) is 0 Å². The highest BCUT2D eigenvalue weighted by atomic mass is 28.4. The zero-order chi connectivity index (χ0) is 35.0. The summed E-state index contributed by atoms with van der Waals surface area (Å²) in [5.41, 5.74) is 7.13. The third kappa shape index (κ3) is 8.82. The first-order valence-corrected chi connectivity index (χ1v) is 24.4. The van der Waals surface area contributed by atoms with Gasteiger partial charge in [-0.3, -0.25) is 0 Å². The molecule has 6 heteroatoms. The van der Waals surface area contributed by atoms with Crippen molar-refractivity contribution in [1.29, 1.82) is 0 Å². The van der Waals surface area contributed by atoms with Gasteiger partial charge in [-0.1, -0.05) is 103 Å². The van der Waals surface area contributed by atoms with Gasteiger partial charge in [0, 0.05) is 12.3 Å². The van der Waals surface area contributed by atoms with Gasteiger partial charge in [-0.15, -0.1) is 0 Å². The first kappa shape index (κ1) is 38.3. The third-order valence-corrected chi connectivity index (χ3v) is 21.9. The standard InChI is InChI=1S/C41H69NO3Si2/c1-29(17-15-19-37(42-43-10)32-21-22-32)35-24-25-36-31(18-16-26-41(35,36)9)20-23-33-27-34(44-46(11,12)39(3,4)5)28-38(30(33)2)45-47(13,14)40(6,7)8/h15,19-20,23-24,29,32,34,36,38H,2,16-18,21-22,25-28H2,1,3-14H3/t29-,34-,36+,38+,41-/m1/s1. The fourth-order valence-corrected chi connectivity index (χ4v) is 10.3. The molecule has 0 aromatic carbocycles. The Morgan fingerprint density at radius 1 is 1.04 bits per heavy atom. The third-order valence-electron chi connectivity index (χ3n) is 12.8. The minimum Gasteiger partial charge on any atom is -0.413 e. The molecule has 0 aromatic rings. The van der Waals surface area contributed by atoms with E-state index in [0.29, 0.717) is 17.8 Å². The van der Waals surface area contributed by atoms with Crippen LogP contribution in [0.1, 0.15) is 113 Å². The van der Waals surface area contributed by atoms with Gasteiger partial charge in [0.25, 0.3) is 0 Å². The monoisotopic (exact) mass is 679 g/mol. The van der Waals surface area contributed by atoms with Crippen molar-refractivity contribution in [3.63, 3.8) is 0 Å². The van der Waals surface area contributed by atoms with Gasteiger partial charge in [-0.05, 0) is 122 Å². The molecule has 0 unspecified atom stereocenters. The first-order valence-electron chi connectivity index (χ1n) is 18.6. The number of hydrogen-bond acceptors (Lipinski definition) is 4. The van der Waals surface area contributed by atoms with Gasteiger partial charge < -0.3 is 13.7 Å². The van der Waals surface area contributed by atoms with Crippen molar-refractivity contribution in [2.24, 2.45) is 28.3 Å². The molecule has 0 radical (unpaired) electrons. The smallest absolute Gasteiger partial charge is 0.192 e. The van der Waals surface area contributed by atoms with Crippen molar-refractivity contribution in [3.05, 3.63) is 59.3 Å². The summed E-state index contributed by atoms with van der Waals surface area (Å²) in [6, 6.07) is 0. The maximum absolute atomic E-state index is 7.10. The minimum atomic E-state index is -1.99. The molecule has 4 rings (SSSR count). The lowest BCUT2D eigenvalue weighted by atomic mass is 9.62. The molecule has 0 saturated heterocycles. The highest BCUT2D eigenvalue weighted by molar-refractivity contribution is 6.74. The van der Waals surface area contributed by atoms with E-state index in [4.69, 9.17) is 20.3 Å². The number of nitrogens with zero attached hydrogens (tertiary/aromatic N) is 1. The fourth-order valence-electron chi connectivity index (χ4n) is 7.63. The van der Waals surface area contributed by atoms with Gasteiger partial charge in [0.15, 0.2) is 16.6 Å². The number of fused-ring (bicyclic) bond motifs is 1. The molecule has 3 fully saturated rings. The number of hydrogen-bond donors (Lipinski definition) is 0. The fraction of sp³-hybridized carbons (Fsp3) is 0.732. The molecule has 5 atom stereocenters. The van der Waals surface area contributed by atoms with Crippen LogP contribution in [0.15, 0.2) is 64.4 Å². The average Bonchev–Trinajstić information content (AvgIpc) is 3.72. The maximum Gasteiger partial charge on any atom is 0.192 e. The van der Waals surface area contributed by atoms with Gasteiger partial charge in [0.2, 0.25) is 0 Å². The molecule has 4 nitrogen and oxygen atoms in total. The molecule has 0 aliphatic heterocycles. The molecule has 0 aromatic heterocycles. The molecule has 0 amide bonds. The second-order valence-corrected chi connectivity index (χ2v) is 28.0. The van der Waals surface area contributed by atoms with E-state index >= 15 is 0 Å². The molecular formula is C41H69NO3Si2. The maximum atomic E-state index is 7.10. The highest BCUT2D eigenvalue weighted by Crippen LogP contribution is 2.57. The molecule has 3 saturated carbocycles. The first-order chi connectivity index (χ1) is 21.7. The largest absolute Gasteiger partial charge is 0.413 e. The summed E-state index contributed by atoms with van der Waals surface area (Å²) in [4.78, 5) is 5.11. The number of rotatable bonds is 11. The van der Waals surface area contributed by atoms with Crippen LogP contribution in [0.25, 0.3) is 0 Å². The van der Waals surface area contributed by atoms with Gasteiger partial charge in [-0.2, -0.15) is 0 Å². The Hall–Kier alpha value is -1.48. The summed E-state index contributed by atoms with van der Waals surface area (Å²) in [5, 5.41) is 4.61. The number of oxime groups is 1. The molecule has 0 N–H and O–H groups in total. The Bertz CT molecular complexity index is 1300. The molecule has 47 heavy (non-hydrogen) atoms. The van der Waals surface area contributed by atoms with Crippen LogP contribution in [0.2, 0.25) is 36.3 Å². The Balaban J connectivity index is 1.54. The highest BCUT2D eigenvalue weighted by Gasteiger charge is 2.47. The quantitative estimate of drug-likeness (QED) is 0.0944. The lowest BCUT2D eigenvalue weighted by Crippen LogP contribution is -2.49. The van der Waals surface area contributed by atoms with Gasteiger partial charge in [0.05, 0.1) is 17.9 Å². The SMILES string of the molecule is C=C1C(=CC=C2CCC[C@]3(C)C([C@H](C)CC=CC(=NOC)C4CC4)=CC[C@@H]23)C[C@@H](O[Si](C)(C)C(C)(C)C)C[C@@H]1O[Si](C)(C)C(C)(C)C. The summed E-state index contributed by atoms with van der Waals surface area (Å²) in [5.74, 6) is 1.71. The van der Waals surface area contributed by atoms with Crippen LogP contribution in [-0.4, -0.2) is 41.7 Å². The van der Waals surface area contributed by atoms with Crippen LogP contribution in [0.5, 0.6) is 0 Å². The predicted octanol–water partition coefficient (Wildman–Crippen LogP) is 12.1. The molecular weight excluding hydrogens is 611 g/mol. The van der Waals surface area contributed by atoms with E-state index in [1.54, 1.807) is 18.3 Å². The zero-order valence-electron chi connectivity index (χ0n) is 32.5. The number of allylic oxidation sites excluding steroid dienone is 7. The molecule has 4 aliphatic rings.